The predicted molar refractivity (Wildman–Crippen MR) is 52.8 cm³/mol. The van der Waals surface area contributed by atoms with Crippen molar-refractivity contribution in [2.24, 2.45) is 10.8 Å². The van der Waals surface area contributed by atoms with Gasteiger partial charge in [0.2, 0.25) is 0 Å². The summed E-state index contributed by atoms with van der Waals surface area (Å²) in [5.74, 6) is 0. The summed E-state index contributed by atoms with van der Waals surface area (Å²) in [6.07, 6.45) is 5.63. The first-order valence-corrected chi connectivity index (χ1v) is 4.80. The number of fused-ring (bicyclic) bond motifs is 1. The molecule has 70 valence electrons. The van der Waals surface area contributed by atoms with Crippen LogP contribution in [0.4, 0.5) is 0 Å². The second-order valence-corrected chi connectivity index (χ2v) is 4.53. The first kappa shape index (κ1) is 9.03. The molecule has 0 N–H and O–H groups in total. The van der Waals surface area contributed by atoms with Gasteiger partial charge in [0.1, 0.15) is 0 Å². The summed E-state index contributed by atoms with van der Waals surface area (Å²) in [5.41, 5.74) is 1.43. The quantitative estimate of drug-likeness (QED) is 0.581. The summed E-state index contributed by atoms with van der Waals surface area (Å²) >= 11 is 0. The first-order valence-electron chi connectivity index (χ1n) is 4.80. The van der Waals surface area contributed by atoms with Crippen molar-refractivity contribution in [3.63, 3.8) is 0 Å². The Morgan fingerprint density at radius 1 is 1.00 bits per heavy atom. The van der Waals surface area contributed by atoms with Crippen LogP contribution in [0.3, 0.4) is 0 Å². The number of hydrogen-bond donors (Lipinski definition) is 0. The van der Waals surface area contributed by atoms with Crippen LogP contribution in [0.15, 0.2) is 23.3 Å². The highest BCUT2D eigenvalue weighted by Crippen LogP contribution is 2.62. The Balaban J connectivity index is 2.51. The molecule has 0 spiro atoms. The maximum atomic E-state index is 9.03. The molecule has 0 aromatic carbocycles. The molecule has 0 aliphatic heterocycles. The molecule has 0 heterocycles. The zero-order valence-electron chi connectivity index (χ0n) is 8.46. The van der Waals surface area contributed by atoms with Gasteiger partial charge in [-0.05, 0) is 12.8 Å². The van der Waals surface area contributed by atoms with Gasteiger partial charge in [-0.2, -0.15) is 10.5 Å². The summed E-state index contributed by atoms with van der Waals surface area (Å²) in [6.45, 7) is 4.19. The van der Waals surface area contributed by atoms with Gasteiger partial charge in [0.05, 0.1) is 12.1 Å². The zero-order chi connectivity index (χ0) is 10.4. The largest absolute Gasteiger partial charge is 0.193 e. The Morgan fingerprint density at radius 3 is 1.64 bits per heavy atom. The lowest BCUT2D eigenvalue weighted by Crippen LogP contribution is -2.31. The van der Waals surface area contributed by atoms with E-state index in [0.717, 1.165) is 24.0 Å². The minimum absolute atomic E-state index is 0.132. The Hall–Kier alpha value is -1.54. The van der Waals surface area contributed by atoms with Crippen molar-refractivity contribution in [2.75, 3.05) is 0 Å². The molecule has 2 nitrogen and oxygen atoms in total. The molecule has 2 heteroatoms. The third-order valence-corrected chi connectivity index (χ3v) is 4.08. The van der Waals surface area contributed by atoms with Gasteiger partial charge in [-0.1, -0.05) is 26.0 Å². The van der Waals surface area contributed by atoms with Gasteiger partial charge < -0.3 is 0 Å². The van der Waals surface area contributed by atoms with Crippen molar-refractivity contribution in [3.8, 4) is 12.1 Å². The van der Waals surface area contributed by atoms with Crippen LogP contribution in [0.2, 0.25) is 0 Å². The molecular weight excluding hydrogens is 172 g/mol. The number of rotatable bonds is 0. The van der Waals surface area contributed by atoms with Crippen LogP contribution < -0.4 is 0 Å². The van der Waals surface area contributed by atoms with E-state index in [-0.39, 0.29) is 10.8 Å². The average Bonchev–Trinajstić information content (AvgIpc) is 2.55. The molecule has 0 saturated carbocycles. The monoisotopic (exact) mass is 184 g/mol. The maximum Gasteiger partial charge on any atom is 0.0950 e. The van der Waals surface area contributed by atoms with E-state index in [1.165, 1.54) is 0 Å². The first-order chi connectivity index (χ1) is 6.58. The van der Waals surface area contributed by atoms with E-state index in [1.807, 2.05) is 12.2 Å². The van der Waals surface area contributed by atoms with E-state index in [4.69, 9.17) is 10.5 Å². The lowest BCUT2D eigenvalue weighted by atomic mass is 9.65. The summed E-state index contributed by atoms with van der Waals surface area (Å²) < 4.78 is 0. The van der Waals surface area contributed by atoms with Gasteiger partial charge in [0.15, 0.2) is 0 Å². The van der Waals surface area contributed by atoms with Crippen LogP contribution in [0, 0.1) is 33.5 Å². The van der Waals surface area contributed by atoms with Crippen LogP contribution in [0.5, 0.6) is 0 Å². The molecule has 0 amide bonds. The highest BCUT2D eigenvalue weighted by molar-refractivity contribution is 5.49. The van der Waals surface area contributed by atoms with Crippen molar-refractivity contribution >= 4 is 0 Å². The molecule has 0 aromatic heterocycles. The van der Waals surface area contributed by atoms with Gasteiger partial charge in [0, 0.05) is 22.0 Å². The fourth-order valence-electron chi connectivity index (χ4n) is 2.67. The van der Waals surface area contributed by atoms with E-state index in [2.05, 4.69) is 26.0 Å². The smallest absolute Gasteiger partial charge is 0.0950 e. The molecule has 2 aliphatic carbocycles. The highest BCUT2D eigenvalue weighted by Gasteiger charge is 2.55. The van der Waals surface area contributed by atoms with Gasteiger partial charge in [-0.3, -0.25) is 0 Å². The lowest BCUT2D eigenvalue weighted by Gasteiger charge is -2.36. The number of hydrogen-bond acceptors (Lipinski definition) is 2. The van der Waals surface area contributed by atoms with E-state index < -0.39 is 0 Å². The molecule has 2 unspecified atom stereocenters. The second-order valence-electron chi connectivity index (χ2n) is 4.53. The van der Waals surface area contributed by atoms with Crippen molar-refractivity contribution < 1.29 is 0 Å². The minimum Gasteiger partial charge on any atom is -0.193 e. The lowest BCUT2D eigenvalue weighted by molar-refractivity contribution is 0.214. The molecule has 0 saturated heterocycles. The Morgan fingerprint density at radius 2 is 1.36 bits per heavy atom. The van der Waals surface area contributed by atoms with Crippen LogP contribution in [0.1, 0.15) is 26.7 Å². The standard InChI is InChI=1S/C12H12N2/c1-11-5-3-10(8-14)12(11,2)6-4-9(11)7-13/h3-4H,5-6H2,1-2H3. The van der Waals surface area contributed by atoms with Gasteiger partial charge >= 0.3 is 0 Å². The van der Waals surface area contributed by atoms with Gasteiger partial charge in [-0.25, -0.2) is 0 Å². The van der Waals surface area contributed by atoms with Crippen molar-refractivity contribution in [1.82, 2.24) is 0 Å². The minimum atomic E-state index is -0.132. The fraction of sp³-hybridized carbons (Fsp3) is 0.500. The summed E-state index contributed by atoms with van der Waals surface area (Å²) in [6, 6.07) is 4.53. The fourth-order valence-corrected chi connectivity index (χ4v) is 2.67. The van der Waals surface area contributed by atoms with Crippen LogP contribution in [-0.2, 0) is 0 Å². The predicted octanol–water partition coefficient (Wildman–Crippen LogP) is 2.71. The van der Waals surface area contributed by atoms with Crippen molar-refractivity contribution in [3.05, 3.63) is 23.3 Å². The SMILES string of the molecule is CC12CC=C(C#N)C1(C)CC=C2C#N. The molecule has 2 aliphatic rings. The normalized spacial score (nSPS) is 39.4. The molecule has 2 atom stereocenters. The maximum absolute atomic E-state index is 9.03. The topological polar surface area (TPSA) is 47.6 Å². The van der Waals surface area contributed by atoms with Crippen LogP contribution in [0.25, 0.3) is 0 Å². The van der Waals surface area contributed by atoms with E-state index in [9.17, 15) is 0 Å². The number of nitrogens with zero attached hydrogens (tertiary/aromatic N) is 2. The molecule has 0 radical (unpaired) electrons. The second kappa shape index (κ2) is 2.49. The molecule has 0 bridgehead atoms. The third-order valence-electron chi connectivity index (χ3n) is 4.08. The Bertz CT molecular complexity index is 388. The van der Waals surface area contributed by atoms with Gasteiger partial charge in [-0.15, -0.1) is 0 Å². The van der Waals surface area contributed by atoms with E-state index in [0.29, 0.717) is 0 Å². The van der Waals surface area contributed by atoms with Crippen LogP contribution >= 0.6 is 0 Å². The van der Waals surface area contributed by atoms with Crippen molar-refractivity contribution in [1.29, 1.82) is 10.5 Å². The zero-order valence-corrected chi connectivity index (χ0v) is 8.46. The molecule has 14 heavy (non-hydrogen) atoms. The average molecular weight is 184 g/mol. The summed E-state index contributed by atoms with van der Waals surface area (Å²) in [4.78, 5) is 0. The number of allylic oxidation sites excluding steroid dienone is 4. The Kier molecular flexibility index (Phi) is 1.60. The van der Waals surface area contributed by atoms with E-state index in [1.54, 1.807) is 0 Å². The summed E-state index contributed by atoms with van der Waals surface area (Å²) in [5, 5.41) is 18.1. The van der Waals surface area contributed by atoms with Crippen molar-refractivity contribution in [2.45, 2.75) is 26.7 Å². The molecule has 2 rings (SSSR count). The number of nitriles is 2. The Labute approximate surface area is 84.1 Å². The van der Waals surface area contributed by atoms with Crippen LogP contribution in [-0.4, -0.2) is 0 Å². The molecular formula is C12H12N2. The summed E-state index contributed by atoms with van der Waals surface area (Å²) in [7, 11) is 0. The third kappa shape index (κ3) is 0.744. The van der Waals surface area contributed by atoms with E-state index >= 15 is 0 Å². The van der Waals surface area contributed by atoms with Gasteiger partial charge in [0.25, 0.3) is 0 Å². The molecule has 0 fully saturated rings. The highest BCUT2D eigenvalue weighted by atomic mass is 14.6. The molecule has 0 aromatic rings.